The van der Waals surface area contributed by atoms with Gasteiger partial charge in [-0.15, -0.1) is 0 Å². The lowest BCUT2D eigenvalue weighted by Crippen LogP contribution is -2.59. The maximum Gasteiger partial charge on any atom is 0.166 e. The molecule has 0 spiro atoms. The van der Waals surface area contributed by atoms with Crippen LogP contribution in [0.25, 0.3) is 0 Å². The highest BCUT2D eigenvalue weighted by atomic mass is 16.3. The molecular weight excluding hydrogens is 304 g/mol. The number of hydrogen-bond acceptors (Lipinski definition) is 4. The molecule has 132 valence electrons. The topological polar surface area (TPSA) is 70.7 Å². The first kappa shape index (κ1) is 17.4. The van der Waals surface area contributed by atoms with Gasteiger partial charge in [0.25, 0.3) is 0 Å². The van der Waals surface area contributed by atoms with Crippen molar-refractivity contribution < 1.29 is 19.4 Å². The Kier molecular flexibility index (Phi) is 4.25. The monoisotopic (exact) mass is 332 g/mol. The van der Waals surface area contributed by atoms with Gasteiger partial charge in [0.1, 0.15) is 6.26 Å². The van der Waals surface area contributed by atoms with Crippen molar-refractivity contribution in [2.24, 2.45) is 22.7 Å². The van der Waals surface area contributed by atoms with Crippen LogP contribution < -0.4 is 0 Å². The third-order valence-corrected chi connectivity index (χ3v) is 6.70. The van der Waals surface area contributed by atoms with Crippen LogP contribution in [0.15, 0.2) is 35.2 Å². The SMILES string of the molecule is C=C1CC(O)C2C(C)(C)C(O)CCC2(C)C1CC(=O)c1ccoc1. The first-order valence-corrected chi connectivity index (χ1v) is 8.77. The van der Waals surface area contributed by atoms with Crippen molar-refractivity contribution in [2.45, 2.75) is 58.7 Å². The van der Waals surface area contributed by atoms with Gasteiger partial charge in [-0.2, -0.15) is 0 Å². The molecule has 24 heavy (non-hydrogen) atoms. The Morgan fingerprint density at radius 2 is 2.08 bits per heavy atom. The maximum absolute atomic E-state index is 12.6. The molecule has 2 aliphatic carbocycles. The summed E-state index contributed by atoms with van der Waals surface area (Å²) in [6.07, 6.45) is 4.41. The summed E-state index contributed by atoms with van der Waals surface area (Å²) in [5.41, 5.74) is 0.912. The van der Waals surface area contributed by atoms with Crippen molar-refractivity contribution in [2.75, 3.05) is 0 Å². The van der Waals surface area contributed by atoms with Gasteiger partial charge in [0.05, 0.1) is 24.0 Å². The largest absolute Gasteiger partial charge is 0.472 e. The molecule has 0 bridgehead atoms. The van der Waals surface area contributed by atoms with E-state index in [4.69, 9.17) is 4.42 Å². The third kappa shape index (κ3) is 2.56. The van der Waals surface area contributed by atoms with Gasteiger partial charge < -0.3 is 14.6 Å². The molecule has 5 unspecified atom stereocenters. The van der Waals surface area contributed by atoms with E-state index in [1.54, 1.807) is 6.07 Å². The molecule has 3 rings (SSSR count). The Balaban J connectivity index is 1.94. The van der Waals surface area contributed by atoms with Crippen molar-refractivity contribution in [3.05, 3.63) is 36.3 Å². The lowest BCUT2D eigenvalue weighted by Gasteiger charge is -2.60. The van der Waals surface area contributed by atoms with E-state index in [0.29, 0.717) is 24.8 Å². The van der Waals surface area contributed by atoms with Crippen LogP contribution >= 0.6 is 0 Å². The quantitative estimate of drug-likeness (QED) is 0.655. The molecule has 0 aromatic carbocycles. The lowest BCUT2D eigenvalue weighted by molar-refractivity contribution is -0.167. The number of Topliss-reactive ketones (excluding diaryl/α,β-unsaturated/α-hetero) is 1. The van der Waals surface area contributed by atoms with Crippen LogP contribution in [0.3, 0.4) is 0 Å². The Morgan fingerprint density at radius 3 is 2.71 bits per heavy atom. The summed E-state index contributed by atoms with van der Waals surface area (Å²) in [7, 11) is 0. The van der Waals surface area contributed by atoms with Crippen LogP contribution in [0.1, 0.15) is 56.8 Å². The van der Waals surface area contributed by atoms with Crippen LogP contribution in [-0.2, 0) is 0 Å². The molecular formula is C20H28O4. The number of hydrogen-bond donors (Lipinski definition) is 2. The fraction of sp³-hybridized carbons (Fsp3) is 0.650. The average Bonchev–Trinajstić information content (AvgIpc) is 3.01. The molecule has 2 N–H and O–H groups in total. The first-order valence-electron chi connectivity index (χ1n) is 8.77. The van der Waals surface area contributed by atoms with E-state index in [-0.39, 0.29) is 28.4 Å². The normalized spacial score (nSPS) is 38.6. The number of carbonyl (C=O) groups excluding carboxylic acids is 1. The Labute approximate surface area is 143 Å². The zero-order valence-electron chi connectivity index (χ0n) is 14.8. The van der Waals surface area contributed by atoms with E-state index >= 15 is 0 Å². The fourth-order valence-corrected chi connectivity index (χ4v) is 5.46. The summed E-state index contributed by atoms with van der Waals surface area (Å²) in [5.74, 6) is 0.0108. The third-order valence-electron chi connectivity index (χ3n) is 6.70. The predicted octanol–water partition coefficient (Wildman–Crippen LogP) is 3.59. The van der Waals surface area contributed by atoms with Crippen molar-refractivity contribution in [3.8, 4) is 0 Å². The van der Waals surface area contributed by atoms with Crippen LogP contribution in [0, 0.1) is 22.7 Å². The molecule has 4 nitrogen and oxygen atoms in total. The zero-order chi connectivity index (χ0) is 17.7. The van der Waals surface area contributed by atoms with E-state index in [9.17, 15) is 15.0 Å². The fourth-order valence-electron chi connectivity index (χ4n) is 5.46. The van der Waals surface area contributed by atoms with E-state index in [0.717, 1.165) is 12.0 Å². The summed E-state index contributed by atoms with van der Waals surface area (Å²) in [6, 6.07) is 1.69. The highest BCUT2D eigenvalue weighted by Crippen LogP contribution is 2.61. The number of rotatable bonds is 3. The number of fused-ring (bicyclic) bond motifs is 1. The van der Waals surface area contributed by atoms with Crippen LogP contribution in [0.4, 0.5) is 0 Å². The van der Waals surface area contributed by atoms with Gasteiger partial charge in [0.2, 0.25) is 0 Å². The molecule has 0 saturated heterocycles. The van der Waals surface area contributed by atoms with E-state index in [2.05, 4.69) is 13.5 Å². The summed E-state index contributed by atoms with van der Waals surface area (Å²) in [6.45, 7) is 10.4. The number of aliphatic hydroxyl groups excluding tert-OH is 2. The minimum absolute atomic E-state index is 0.0140. The lowest BCUT2D eigenvalue weighted by atomic mass is 9.45. The first-order chi connectivity index (χ1) is 11.2. The standard InChI is InChI=1S/C20H28O4/c1-12-9-16(22)18-19(2,3)17(23)5-7-20(18,4)14(12)10-15(21)13-6-8-24-11-13/h6,8,11,14,16-18,22-23H,1,5,7,9-10H2,2-4H3. The van der Waals surface area contributed by atoms with Gasteiger partial charge in [-0.25, -0.2) is 0 Å². The number of aliphatic hydroxyl groups is 2. The Hall–Kier alpha value is -1.39. The smallest absolute Gasteiger partial charge is 0.166 e. The second kappa shape index (κ2) is 5.85. The van der Waals surface area contributed by atoms with Gasteiger partial charge in [-0.05, 0) is 48.0 Å². The molecule has 1 heterocycles. The zero-order valence-corrected chi connectivity index (χ0v) is 14.8. The summed E-state index contributed by atoms with van der Waals surface area (Å²) >= 11 is 0. The molecule has 0 amide bonds. The average molecular weight is 332 g/mol. The molecule has 5 atom stereocenters. The molecule has 1 aromatic heterocycles. The van der Waals surface area contributed by atoms with Gasteiger partial charge in [-0.3, -0.25) is 4.79 Å². The summed E-state index contributed by atoms with van der Waals surface area (Å²) in [5, 5.41) is 21.2. The van der Waals surface area contributed by atoms with Crippen LogP contribution in [0.5, 0.6) is 0 Å². The minimum Gasteiger partial charge on any atom is -0.472 e. The molecule has 1 aromatic rings. The number of furan rings is 1. The maximum atomic E-state index is 12.6. The molecule has 2 saturated carbocycles. The van der Waals surface area contributed by atoms with E-state index in [1.807, 2.05) is 13.8 Å². The van der Waals surface area contributed by atoms with Gasteiger partial charge in [0, 0.05) is 6.42 Å². The molecule has 2 aliphatic rings. The van der Waals surface area contributed by atoms with E-state index < -0.39 is 12.2 Å². The minimum atomic E-state index is -0.521. The van der Waals surface area contributed by atoms with Crippen molar-refractivity contribution in [1.82, 2.24) is 0 Å². The van der Waals surface area contributed by atoms with Gasteiger partial charge >= 0.3 is 0 Å². The van der Waals surface area contributed by atoms with Crippen LogP contribution in [-0.4, -0.2) is 28.2 Å². The Bertz CT molecular complexity index is 630. The Morgan fingerprint density at radius 1 is 1.38 bits per heavy atom. The van der Waals surface area contributed by atoms with Crippen molar-refractivity contribution in [1.29, 1.82) is 0 Å². The van der Waals surface area contributed by atoms with Crippen molar-refractivity contribution in [3.63, 3.8) is 0 Å². The van der Waals surface area contributed by atoms with Gasteiger partial charge in [0.15, 0.2) is 5.78 Å². The number of ketones is 1. The van der Waals surface area contributed by atoms with Gasteiger partial charge in [-0.1, -0.05) is 32.9 Å². The molecule has 0 radical (unpaired) electrons. The van der Waals surface area contributed by atoms with Crippen LogP contribution in [0.2, 0.25) is 0 Å². The predicted molar refractivity (Wildman–Crippen MR) is 91.5 cm³/mol. The molecule has 0 aliphatic heterocycles. The second-order valence-electron chi connectivity index (χ2n) is 8.48. The van der Waals surface area contributed by atoms with E-state index in [1.165, 1.54) is 12.5 Å². The molecule has 4 heteroatoms. The highest BCUT2D eigenvalue weighted by molar-refractivity contribution is 5.96. The summed E-state index contributed by atoms with van der Waals surface area (Å²) in [4.78, 5) is 12.6. The second-order valence-corrected chi connectivity index (χ2v) is 8.48. The van der Waals surface area contributed by atoms with Crippen molar-refractivity contribution >= 4 is 5.78 Å². The summed E-state index contributed by atoms with van der Waals surface area (Å²) < 4.78 is 5.03. The molecule has 2 fully saturated rings. The number of carbonyl (C=O) groups is 1. The highest BCUT2D eigenvalue weighted by Gasteiger charge is 2.59.